The lowest BCUT2D eigenvalue weighted by molar-refractivity contribution is 0.181. The number of anilines is 1. The third-order valence-electron chi connectivity index (χ3n) is 8.65. The minimum Gasteiger partial charge on any atom is -0.497 e. The molecular weight excluding hydrogens is 632 g/mol. The Morgan fingerprint density at radius 1 is 0.809 bits per heavy atom. The van der Waals surface area contributed by atoms with Gasteiger partial charge in [-0.05, 0) is 83.2 Å². The molecule has 0 fully saturated rings. The number of sulfonamides is 1. The van der Waals surface area contributed by atoms with Crippen LogP contribution in [0.1, 0.15) is 55.2 Å². The molecule has 0 heterocycles. The Balaban J connectivity index is 1.69. The zero-order chi connectivity index (χ0) is 33.9. The van der Waals surface area contributed by atoms with Gasteiger partial charge in [-0.15, -0.1) is 0 Å². The lowest BCUT2D eigenvalue weighted by Crippen LogP contribution is -2.40. The lowest BCUT2D eigenvalue weighted by atomic mass is 9.98. The zero-order valence-corrected chi connectivity index (χ0v) is 29.8. The highest BCUT2D eigenvalue weighted by atomic mass is 32.2. The summed E-state index contributed by atoms with van der Waals surface area (Å²) in [5, 5.41) is 3.75. The summed E-state index contributed by atoms with van der Waals surface area (Å²) in [5.74, 6) is 0.929. The molecule has 0 aliphatic heterocycles. The van der Waals surface area contributed by atoms with Gasteiger partial charge in [0.15, 0.2) is 8.32 Å². The Hall–Kier alpha value is -3.70. The van der Waals surface area contributed by atoms with E-state index in [2.05, 4.69) is 30.8 Å². The van der Waals surface area contributed by atoms with Crippen LogP contribution in [-0.2, 0) is 27.5 Å². The van der Waals surface area contributed by atoms with Crippen molar-refractivity contribution in [3.63, 3.8) is 0 Å². The molecule has 47 heavy (non-hydrogen) atoms. The lowest BCUT2D eigenvalue weighted by Gasteiger charge is -2.35. The SMILES string of the molecule is CC[Si](CC)(CC)O[C@@H](CNC(Cc1ccc(F)cc1)c1ccc(OC)cc1)c1ccc(OCc2ccccc2)c(NS(C)(=O)=O)c1. The van der Waals surface area contributed by atoms with Crippen molar-refractivity contribution in [3.8, 4) is 11.5 Å². The number of halogens is 1. The number of hydrogen-bond acceptors (Lipinski definition) is 6. The highest BCUT2D eigenvalue weighted by Crippen LogP contribution is 2.35. The molecule has 2 atom stereocenters. The summed E-state index contributed by atoms with van der Waals surface area (Å²) in [5.41, 5.74) is 4.24. The molecule has 4 rings (SSSR count). The van der Waals surface area contributed by atoms with Crippen molar-refractivity contribution < 1.29 is 26.7 Å². The van der Waals surface area contributed by atoms with Gasteiger partial charge >= 0.3 is 0 Å². The quantitative estimate of drug-likeness (QED) is 0.103. The van der Waals surface area contributed by atoms with Crippen LogP contribution in [0.15, 0.2) is 97.1 Å². The molecule has 4 aromatic carbocycles. The summed E-state index contributed by atoms with van der Waals surface area (Å²) < 4.78 is 59.9. The summed E-state index contributed by atoms with van der Waals surface area (Å²) in [4.78, 5) is 0. The second-order valence-corrected chi connectivity index (χ2v) is 18.3. The van der Waals surface area contributed by atoms with E-state index in [9.17, 15) is 12.8 Å². The first kappa shape index (κ1) is 36.1. The molecule has 252 valence electrons. The van der Waals surface area contributed by atoms with Crippen molar-refractivity contribution in [1.82, 2.24) is 5.32 Å². The van der Waals surface area contributed by atoms with Gasteiger partial charge in [-0.3, -0.25) is 4.72 Å². The Morgan fingerprint density at radius 3 is 2.04 bits per heavy atom. The molecule has 0 aliphatic rings. The van der Waals surface area contributed by atoms with Crippen molar-refractivity contribution in [2.45, 2.75) is 64.1 Å². The average molecular weight is 679 g/mol. The number of rotatable bonds is 18. The van der Waals surface area contributed by atoms with E-state index in [-0.39, 0.29) is 18.0 Å². The maximum absolute atomic E-state index is 13.7. The number of nitrogens with one attached hydrogen (secondary N) is 2. The van der Waals surface area contributed by atoms with E-state index in [1.807, 2.05) is 84.9 Å². The molecule has 4 aromatic rings. The van der Waals surface area contributed by atoms with Crippen LogP contribution in [-0.4, -0.2) is 36.6 Å². The first-order valence-corrected chi connectivity index (χ1v) is 20.6. The van der Waals surface area contributed by atoms with Gasteiger partial charge in [-0.1, -0.05) is 81.4 Å². The molecule has 0 bridgehead atoms. The molecule has 0 amide bonds. The average Bonchev–Trinajstić information content (AvgIpc) is 3.08. The number of ether oxygens (including phenoxy) is 2. The third kappa shape index (κ3) is 10.7. The highest BCUT2D eigenvalue weighted by molar-refractivity contribution is 7.92. The Labute approximate surface area is 280 Å². The van der Waals surface area contributed by atoms with Crippen molar-refractivity contribution in [3.05, 3.63) is 125 Å². The molecule has 0 saturated carbocycles. The number of hydrogen-bond donors (Lipinski definition) is 2. The van der Waals surface area contributed by atoms with Crippen LogP contribution in [0.5, 0.6) is 11.5 Å². The molecule has 2 N–H and O–H groups in total. The number of benzene rings is 4. The molecule has 0 radical (unpaired) electrons. The van der Waals surface area contributed by atoms with Gasteiger partial charge in [-0.2, -0.15) is 0 Å². The first-order valence-electron chi connectivity index (χ1n) is 16.1. The van der Waals surface area contributed by atoms with Crippen LogP contribution in [0.25, 0.3) is 0 Å². The zero-order valence-electron chi connectivity index (χ0n) is 28.0. The second-order valence-electron chi connectivity index (χ2n) is 11.8. The summed E-state index contributed by atoms with van der Waals surface area (Å²) in [6.45, 7) is 7.33. The van der Waals surface area contributed by atoms with Crippen LogP contribution >= 0.6 is 0 Å². The summed E-state index contributed by atoms with van der Waals surface area (Å²) in [6.07, 6.45) is 1.40. The predicted octanol–water partition coefficient (Wildman–Crippen LogP) is 8.42. The maximum atomic E-state index is 13.7. The normalized spacial score (nSPS) is 13.1. The van der Waals surface area contributed by atoms with E-state index in [0.29, 0.717) is 31.0 Å². The summed E-state index contributed by atoms with van der Waals surface area (Å²) in [6, 6.07) is 32.6. The molecular formula is C37H47FN2O5SSi. The minimum absolute atomic E-state index is 0.111. The second kappa shape index (κ2) is 16.9. The Bertz CT molecular complexity index is 1640. The molecule has 1 unspecified atom stereocenters. The molecule has 0 spiro atoms. The van der Waals surface area contributed by atoms with Crippen molar-refractivity contribution in [2.75, 3.05) is 24.6 Å². The fraction of sp³-hybridized carbons (Fsp3) is 0.351. The van der Waals surface area contributed by atoms with Crippen LogP contribution in [0.4, 0.5) is 10.1 Å². The predicted molar refractivity (Wildman–Crippen MR) is 191 cm³/mol. The third-order valence-corrected chi connectivity index (χ3v) is 13.9. The van der Waals surface area contributed by atoms with Gasteiger partial charge in [0.1, 0.15) is 23.9 Å². The van der Waals surface area contributed by atoms with E-state index in [1.165, 1.54) is 12.1 Å². The standard InChI is InChI=1S/C37H47FN2O5SSi/c1-6-47(7-2,8-3)45-37(26-39-34(24-28-14-19-32(38)20-15-28)30-16-21-33(43-4)22-17-30)31-18-23-36(35(25-31)40-46(5,41)42)44-27-29-12-10-9-11-13-29/h9-23,25,34,37,39-40H,6-8,24,26-27H2,1-5H3/t34?,37-/m0/s1. The molecule has 0 aromatic heterocycles. The summed E-state index contributed by atoms with van der Waals surface area (Å²) >= 11 is 0. The van der Waals surface area contributed by atoms with E-state index in [1.54, 1.807) is 7.11 Å². The molecule has 10 heteroatoms. The van der Waals surface area contributed by atoms with Crippen LogP contribution in [0.2, 0.25) is 18.1 Å². The Kier molecular flexibility index (Phi) is 13.0. The fourth-order valence-corrected chi connectivity index (χ4v) is 9.05. The smallest absolute Gasteiger partial charge is 0.229 e. The fourth-order valence-electron chi connectivity index (χ4n) is 5.67. The molecule has 7 nitrogen and oxygen atoms in total. The van der Waals surface area contributed by atoms with E-state index < -0.39 is 18.3 Å². The van der Waals surface area contributed by atoms with Gasteiger partial charge in [0.2, 0.25) is 10.0 Å². The monoisotopic (exact) mass is 678 g/mol. The summed E-state index contributed by atoms with van der Waals surface area (Å²) in [7, 11) is -4.07. The topological polar surface area (TPSA) is 85.9 Å². The highest BCUT2D eigenvalue weighted by Gasteiger charge is 2.33. The van der Waals surface area contributed by atoms with Crippen molar-refractivity contribution in [1.29, 1.82) is 0 Å². The van der Waals surface area contributed by atoms with Crippen molar-refractivity contribution >= 4 is 24.0 Å². The maximum Gasteiger partial charge on any atom is 0.229 e. The van der Waals surface area contributed by atoms with Crippen LogP contribution in [0, 0.1) is 5.82 Å². The molecule has 0 saturated heterocycles. The first-order chi connectivity index (χ1) is 22.6. The van der Waals surface area contributed by atoms with Gasteiger partial charge < -0.3 is 19.2 Å². The van der Waals surface area contributed by atoms with Gasteiger partial charge in [0, 0.05) is 12.6 Å². The van der Waals surface area contributed by atoms with Crippen molar-refractivity contribution in [2.24, 2.45) is 0 Å². The van der Waals surface area contributed by atoms with Gasteiger partial charge in [0.05, 0.1) is 25.2 Å². The largest absolute Gasteiger partial charge is 0.497 e. The van der Waals surface area contributed by atoms with Gasteiger partial charge in [-0.25, -0.2) is 12.8 Å². The molecule has 0 aliphatic carbocycles. The van der Waals surface area contributed by atoms with E-state index in [0.717, 1.165) is 52.4 Å². The van der Waals surface area contributed by atoms with Crippen LogP contribution in [0.3, 0.4) is 0 Å². The van der Waals surface area contributed by atoms with Crippen LogP contribution < -0.4 is 19.5 Å². The Morgan fingerprint density at radius 2 is 1.45 bits per heavy atom. The van der Waals surface area contributed by atoms with E-state index in [4.69, 9.17) is 13.9 Å². The minimum atomic E-state index is -3.59. The van der Waals surface area contributed by atoms with Gasteiger partial charge in [0.25, 0.3) is 0 Å². The van der Waals surface area contributed by atoms with E-state index >= 15 is 0 Å². The number of methoxy groups -OCH3 is 1.